The van der Waals surface area contributed by atoms with Gasteiger partial charge in [-0.1, -0.05) is 85.4 Å². The molecule has 0 heterocycles. The lowest BCUT2D eigenvalue weighted by molar-refractivity contribution is -0.131. The molecule has 3 heteroatoms. The van der Waals surface area contributed by atoms with Crippen LogP contribution in [0.25, 0.3) is 0 Å². The van der Waals surface area contributed by atoms with E-state index in [1.165, 1.54) is 67.7 Å². The first-order chi connectivity index (χ1) is 16.5. The van der Waals surface area contributed by atoms with E-state index in [4.69, 9.17) is 9.84 Å². The molecule has 194 valence electrons. The maximum atomic E-state index is 10.9. The predicted molar refractivity (Wildman–Crippen MR) is 147 cm³/mol. The Labute approximate surface area is 214 Å². The van der Waals surface area contributed by atoms with E-state index in [1.807, 2.05) is 13.0 Å². The zero-order valence-corrected chi connectivity index (χ0v) is 23.2. The minimum Gasteiger partial charge on any atom is -0.493 e. The van der Waals surface area contributed by atoms with Gasteiger partial charge in [0.1, 0.15) is 5.75 Å². The zero-order chi connectivity index (χ0) is 25.8. The van der Waals surface area contributed by atoms with Crippen LogP contribution in [0.5, 0.6) is 5.75 Å². The van der Waals surface area contributed by atoms with Crippen molar-refractivity contribution < 1.29 is 14.6 Å². The van der Waals surface area contributed by atoms with Gasteiger partial charge in [-0.3, -0.25) is 0 Å². The lowest BCUT2D eigenvalue weighted by Gasteiger charge is -2.42. The Morgan fingerprint density at radius 2 is 1.71 bits per heavy atom. The van der Waals surface area contributed by atoms with E-state index in [0.717, 1.165) is 24.4 Å². The molecule has 0 aromatic heterocycles. The number of fused-ring (bicyclic) bond motifs is 1. The third kappa shape index (κ3) is 7.02. The molecule has 2 aliphatic rings. The molecule has 3 unspecified atom stereocenters. The van der Waals surface area contributed by atoms with Gasteiger partial charge in [-0.2, -0.15) is 0 Å². The number of aliphatic carboxylic acids is 1. The first-order valence-corrected chi connectivity index (χ1v) is 13.9. The highest BCUT2D eigenvalue weighted by atomic mass is 16.5. The molecule has 0 amide bonds. The summed E-state index contributed by atoms with van der Waals surface area (Å²) in [5.41, 5.74) is 5.52. The van der Waals surface area contributed by atoms with E-state index in [2.05, 4.69) is 59.8 Å². The molecule has 0 spiro atoms. The van der Waals surface area contributed by atoms with Gasteiger partial charge >= 0.3 is 5.97 Å². The molecule has 0 radical (unpaired) electrons. The van der Waals surface area contributed by atoms with Crippen LogP contribution in [0.2, 0.25) is 0 Å². The van der Waals surface area contributed by atoms with Crippen LogP contribution in [0.4, 0.5) is 0 Å². The van der Waals surface area contributed by atoms with Gasteiger partial charge in [0, 0.05) is 6.08 Å². The number of allylic oxidation sites excluding steroid dienone is 3. The van der Waals surface area contributed by atoms with Gasteiger partial charge in [0.05, 0.1) is 6.61 Å². The van der Waals surface area contributed by atoms with Crippen molar-refractivity contribution in [3.63, 3.8) is 0 Å². The van der Waals surface area contributed by atoms with Gasteiger partial charge in [0.2, 0.25) is 0 Å². The van der Waals surface area contributed by atoms with Crippen molar-refractivity contribution >= 4 is 5.97 Å². The Morgan fingerprint density at radius 1 is 1.09 bits per heavy atom. The van der Waals surface area contributed by atoms with Gasteiger partial charge in [-0.15, -0.1) is 0 Å². The highest BCUT2D eigenvalue weighted by Crippen LogP contribution is 2.57. The zero-order valence-electron chi connectivity index (χ0n) is 23.2. The number of carboxylic acid groups (broad SMARTS) is 1. The van der Waals surface area contributed by atoms with Gasteiger partial charge in [0.25, 0.3) is 0 Å². The number of rotatable bonds is 12. The van der Waals surface area contributed by atoms with Crippen LogP contribution < -0.4 is 4.74 Å². The Morgan fingerprint density at radius 3 is 2.34 bits per heavy atom. The maximum Gasteiger partial charge on any atom is 0.328 e. The second-order valence-corrected chi connectivity index (χ2v) is 12.4. The van der Waals surface area contributed by atoms with Crippen LogP contribution in [-0.4, -0.2) is 17.7 Å². The van der Waals surface area contributed by atoms with Crippen LogP contribution in [0, 0.1) is 11.8 Å². The summed E-state index contributed by atoms with van der Waals surface area (Å²) in [6, 6.07) is 4.90. The monoisotopic (exact) mass is 480 g/mol. The van der Waals surface area contributed by atoms with Gasteiger partial charge in [0.15, 0.2) is 0 Å². The number of unbranched alkanes of at least 4 members (excludes halogenated alkanes) is 4. The highest BCUT2D eigenvalue weighted by molar-refractivity contribution is 5.81. The number of hydrogen-bond donors (Lipinski definition) is 1. The van der Waals surface area contributed by atoms with Crippen molar-refractivity contribution in [2.45, 2.75) is 117 Å². The van der Waals surface area contributed by atoms with Crippen molar-refractivity contribution in [3.8, 4) is 5.75 Å². The molecule has 2 aliphatic carbocycles. The summed E-state index contributed by atoms with van der Waals surface area (Å²) in [6.45, 7) is 16.7. The summed E-state index contributed by atoms with van der Waals surface area (Å²) in [5.74, 6) is 1.71. The van der Waals surface area contributed by atoms with E-state index in [1.54, 1.807) is 0 Å². The molecular formula is C32H48O3. The fraction of sp³-hybridized carbons (Fsp3) is 0.656. The third-order valence-electron chi connectivity index (χ3n) is 8.42. The molecule has 35 heavy (non-hydrogen) atoms. The van der Waals surface area contributed by atoms with E-state index in [-0.39, 0.29) is 10.8 Å². The Hall–Kier alpha value is -2.03. The normalized spacial score (nSPS) is 23.7. The van der Waals surface area contributed by atoms with Crippen LogP contribution >= 0.6 is 0 Å². The number of benzene rings is 1. The molecule has 0 bridgehead atoms. The van der Waals surface area contributed by atoms with Crippen molar-refractivity contribution in [1.82, 2.24) is 0 Å². The summed E-state index contributed by atoms with van der Waals surface area (Å²) in [7, 11) is 0. The van der Waals surface area contributed by atoms with Crippen molar-refractivity contribution in [3.05, 3.63) is 52.6 Å². The van der Waals surface area contributed by atoms with Crippen LogP contribution in [0.15, 0.2) is 35.9 Å². The van der Waals surface area contributed by atoms with Gasteiger partial charge in [-0.05, 0) is 89.5 Å². The molecule has 1 N–H and O–H groups in total. The quantitative estimate of drug-likeness (QED) is 0.185. The van der Waals surface area contributed by atoms with E-state index >= 15 is 0 Å². The van der Waals surface area contributed by atoms with Gasteiger partial charge < -0.3 is 9.84 Å². The standard InChI is InChI=1S/C32H48O3/c1-8-9-10-11-12-17-35-29-21-28-27(31(4,5)15-16-32(28,6)7)20-26(29)25-19-24(25)23(3)14-13-22(2)18-30(33)34/h13-14,18,20-21,23-25H,8-12,15-17,19H2,1-7H3,(H,33,34)/b14-13+,22-18+. The molecule has 0 aliphatic heterocycles. The Balaban J connectivity index is 1.84. The minimum atomic E-state index is -0.889. The highest BCUT2D eigenvalue weighted by Gasteiger charge is 2.45. The first kappa shape index (κ1) is 27.6. The molecule has 0 saturated heterocycles. The molecule has 3 atom stereocenters. The van der Waals surface area contributed by atoms with Crippen molar-refractivity contribution in [2.24, 2.45) is 11.8 Å². The Kier molecular flexibility index (Phi) is 8.94. The van der Waals surface area contributed by atoms with E-state index in [0.29, 0.717) is 17.8 Å². The lowest BCUT2D eigenvalue weighted by Crippen LogP contribution is -2.34. The molecule has 1 saturated carbocycles. The molecule has 1 fully saturated rings. The van der Waals surface area contributed by atoms with Crippen LogP contribution in [0.1, 0.15) is 122 Å². The van der Waals surface area contributed by atoms with Crippen molar-refractivity contribution in [2.75, 3.05) is 6.61 Å². The van der Waals surface area contributed by atoms with Crippen LogP contribution in [-0.2, 0) is 15.6 Å². The molecule has 3 nitrogen and oxygen atoms in total. The average Bonchev–Trinajstić information content (AvgIpc) is 3.58. The SMILES string of the molecule is CCCCCCCOc1cc2c(cc1C1CC1C(C)/C=C/C(C)=C/C(=O)O)C(C)(C)CCC2(C)C. The fourth-order valence-electron chi connectivity index (χ4n) is 5.76. The minimum absolute atomic E-state index is 0.176. The smallest absolute Gasteiger partial charge is 0.328 e. The molecule has 1 aromatic rings. The largest absolute Gasteiger partial charge is 0.493 e. The summed E-state index contributed by atoms with van der Waals surface area (Å²) in [6.07, 6.45) is 15.2. The molecular weight excluding hydrogens is 432 g/mol. The first-order valence-electron chi connectivity index (χ1n) is 13.9. The maximum absolute atomic E-state index is 10.9. The van der Waals surface area contributed by atoms with Gasteiger partial charge in [-0.25, -0.2) is 4.79 Å². The number of carbonyl (C=O) groups is 1. The fourth-order valence-corrected chi connectivity index (χ4v) is 5.76. The molecule has 1 aromatic carbocycles. The average molecular weight is 481 g/mol. The molecule has 3 rings (SSSR count). The van der Waals surface area contributed by atoms with Crippen LogP contribution in [0.3, 0.4) is 0 Å². The second kappa shape index (κ2) is 11.4. The Bertz CT molecular complexity index is 950. The predicted octanol–water partition coefficient (Wildman–Crippen LogP) is 8.71. The summed E-state index contributed by atoms with van der Waals surface area (Å²) in [5, 5.41) is 8.97. The summed E-state index contributed by atoms with van der Waals surface area (Å²) in [4.78, 5) is 10.9. The lowest BCUT2D eigenvalue weighted by atomic mass is 9.62. The summed E-state index contributed by atoms with van der Waals surface area (Å²) >= 11 is 0. The second-order valence-electron chi connectivity index (χ2n) is 12.4. The van der Waals surface area contributed by atoms with E-state index < -0.39 is 5.97 Å². The summed E-state index contributed by atoms with van der Waals surface area (Å²) < 4.78 is 6.52. The van der Waals surface area contributed by atoms with Crippen molar-refractivity contribution in [1.29, 1.82) is 0 Å². The third-order valence-corrected chi connectivity index (χ3v) is 8.42. The topological polar surface area (TPSA) is 46.5 Å². The number of ether oxygens (including phenoxy) is 1. The van der Waals surface area contributed by atoms with E-state index in [9.17, 15) is 4.79 Å². The number of carboxylic acids is 1. The number of hydrogen-bond acceptors (Lipinski definition) is 2.